The van der Waals surface area contributed by atoms with Crippen LogP contribution in [0, 0.1) is 0 Å². The molecule has 1 aromatic heterocycles. The zero-order chi connectivity index (χ0) is 18.4. The monoisotopic (exact) mass is 374 g/mol. The molecule has 1 amide bonds. The molecule has 1 atom stereocenters. The molecule has 26 heavy (non-hydrogen) atoms. The minimum atomic E-state index is -1.19. The quantitative estimate of drug-likeness (QED) is 0.767. The molecule has 1 aromatic carbocycles. The molecule has 1 fully saturated rings. The van der Waals surface area contributed by atoms with Crippen molar-refractivity contribution in [2.45, 2.75) is 12.0 Å². The largest absolute Gasteiger partial charge is 0.484 e. The van der Waals surface area contributed by atoms with E-state index in [1.807, 2.05) is 6.07 Å². The van der Waals surface area contributed by atoms with Crippen LogP contribution < -0.4 is 14.8 Å². The number of nitrogens with one attached hydrogen (secondary N) is 1. The summed E-state index contributed by atoms with van der Waals surface area (Å²) in [5, 5.41) is 12.0. The SMILES string of the molecule is O=C(COc1ccc(Oc2ccccn2)cc1)NC1(C(=O)O)CCSC1. The number of nitrogens with zero attached hydrogens (tertiary/aromatic N) is 1. The molecule has 1 saturated heterocycles. The Morgan fingerprint density at radius 3 is 2.58 bits per heavy atom. The highest BCUT2D eigenvalue weighted by molar-refractivity contribution is 7.99. The van der Waals surface area contributed by atoms with Crippen LogP contribution in [-0.4, -0.2) is 45.6 Å². The van der Waals surface area contributed by atoms with Crippen LogP contribution in [0.1, 0.15) is 6.42 Å². The van der Waals surface area contributed by atoms with Crippen LogP contribution in [-0.2, 0) is 9.59 Å². The minimum absolute atomic E-state index is 0.250. The lowest BCUT2D eigenvalue weighted by Crippen LogP contribution is -2.55. The highest BCUT2D eigenvalue weighted by atomic mass is 32.2. The molecule has 0 saturated carbocycles. The number of hydrogen-bond donors (Lipinski definition) is 2. The lowest BCUT2D eigenvalue weighted by Gasteiger charge is -2.24. The van der Waals surface area contributed by atoms with E-state index in [4.69, 9.17) is 9.47 Å². The standard InChI is InChI=1S/C18H18N2O5S/c21-15(20-18(17(22)23)8-10-26-12-18)11-24-13-4-6-14(7-5-13)25-16-3-1-2-9-19-16/h1-7,9H,8,10-12H2,(H,20,21)(H,22,23). The highest BCUT2D eigenvalue weighted by Gasteiger charge is 2.43. The van der Waals surface area contributed by atoms with E-state index < -0.39 is 17.4 Å². The Morgan fingerprint density at radius 2 is 1.96 bits per heavy atom. The third-order valence-electron chi connectivity index (χ3n) is 3.86. The van der Waals surface area contributed by atoms with Crippen molar-refractivity contribution in [1.29, 1.82) is 0 Å². The first-order valence-corrected chi connectivity index (χ1v) is 9.17. The number of rotatable bonds is 7. The molecule has 7 nitrogen and oxygen atoms in total. The van der Waals surface area contributed by atoms with Crippen molar-refractivity contribution in [3.8, 4) is 17.4 Å². The first kappa shape index (κ1) is 18.1. The first-order valence-electron chi connectivity index (χ1n) is 8.01. The van der Waals surface area contributed by atoms with Crippen LogP contribution in [0.15, 0.2) is 48.7 Å². The van der Waals surface area contributed by atoms with E-state index in [2.05, 4.69) is 10.3 Å². The molecule has 0 spiro atoms. The van der Waals surface area contributed by atoms with Crippen LogP contribution in [0.4, 0.5) is 0 Å². The highest BCUT2D eigenvalue weighted by Crippen LogP contribution is 2.28. The first-order chi connectivity index (χ1) is 12.6. The summed E-state index contributed by atoms with van der Waals surface area (Å²) < 4.78 is 11.0. The van der Waals surface area contributed by atoms with Gasteiger partial charge in [-0.15, -0.1) is 0 Å². The van der Waals surface area contributed by atoms with Crippen LogP contribution in [0.3, 0.4) is 0 Å². The molecule has 0 aliphatic carbocycles. The average Bonchev–Trinajstić information content (AvgIpc) is 3.12. The molecule has 2 aromatic rings. The molecule has 8 heteroatoms. The number of aliphatic carboxylic acids is 1. The normalized spacial score (nSPS) is 18.9. The summed E-state index contributed by atoms with van der Waals surface area (Å²) in [6, 6.07) is 12.1. The van der Waals surface area contributed by atoms with E-state index in [0.29, 0.717) is 35.3 Å². The topological polar surface area (TPSA) is 97.8 Å². The van der Waals surface area contributed by atoms with E-state index in [9.17, 15) is 14.7 Å². The number of ether oxygens (including phenoxy) is 2. The Hall–Kier alpha value is -2.74. The van der Waals surface area contributed by atoms with Crippen LogP contribution in [0.5, 0.6) is 17.4 Å². The predicted octanol–water partition coefficient (Wildman–Crippen LogP) is 2.33. The van der Waals surface area contributed by atoms with Crippen molar-refractivity contribution in [2.75, 3.05) is 18.1 Å². The van der Waals surface area contributed by atoms with Crippen molar-refractivity contribution >= 4 is 23.6 Å². The Kier molecular flexibility index (Phi) is 5.62. The molecule has 136 valence electrons. The number of aromatic nitrogens is 1. The summed E-state index contributed by atoms with van der Waals surface area (Å²) in [7, 11) is 0. The van der Waals surface area contributed by atoms with Gasteiger partial charge in [-0.2, -0.15) is 11.8 Å². The molecule has 3 rings (SSSR count). The zero-order valence-electron chi connectivity index (χ0n) is 13.9. The van der Waals surface area contributed by atoms with E-state index in [1.165, 1.54) is 11.8 Å². The van der Waals surface area contributed by atoms with Gasteiger partial charge in [0.05, 0.1) is 0 Å². The second kappa shape index (κ2) is 8.09. The maximum atomic E-state index is 12.0. The van der Waals surface area contributed by atoms with Crippen molar-refractivity contribution < 1.29 is 24.2 Å². The predicted molar refractivity (Wildman–Crippen MR) is 96.7 cm³/mol. The van der Waals surface area contributed by atoms with Gasteiger partial charge in [0.25, 0.3) is 5.91 Å². The van der Waals surface area contributed by atoms with Crippen LogP contribution >= 0.6 is 11.8 Å². The molecule has 2 heterocycles. The lowest BCUT2D eigenvalue weighted by molar-refractivity contribution is -0.146. The van der Waals surface area contributed by atoms with Crippen molar-refractivity contribution in [3.63, 3.8) is 0 Å². The zero-order valence-corrected chi connectivity index (χ0v) is 14.7. The van der Waals surface area contributed by atoms with Gasteiger partial charge in [-0.05, 0) is 42.5 Å². The Balaban J connectivity index is 1.51. The van der Waals surface area contributed by atoms with Crippen molar-refractivity contribution in [3.05, 3.63) is 48.7 Å². The number of carbonyl (C=O) groups is 2. The van der Waals surface area contributed by atoms with E-state index in [-0.39, 0.29) is 6.61 Å². The van der Waals surface area contributed by atoms with Crippen LogP contribution in [0.2, 0.25) is 0 Å². The van der Waals surface area contributed by atoms with Gasteiger partial charge >= 0.3 is 5.97 Å². The summed E-state index contributed by atoms with van der Waals surface area (Å²) in [5.41, 5.74) is -1.19. The maximum Gasteiger partial charge on any atom is 0.330 e. The molecule has 0 bridgehead atoms. The number of carboxylic acids is 1. The van der Waals surface area contributed by atoms with Gasteiger partial charge in [-0.3, -0.25) is 4.79 Å². The Morgan fingerprint density at radius 1 is 1.19 bits per heavy atom. The molecule has 1 aliphatic heterocycles. The molecule has 2 N–H and O–H groups in total. The fraction of sp³-hybridized carbons (Fsp3) is 0.278. The number of benzene rings is 1. The van der Waals surface area contributed by atoms with E-state index in [1.54, 1.807) is 42.6 Å². The summed E-state index contributed by atoms with van der Waals surface area (Å²) in [5.74, 6) is 1.18. The van der Waals surface area contributed by atoms with Gasteiger partial charge in [0, 0.05) is 18.0 Å². The van der Waals surface area contributed by atoms with Crippen LogP contribution in [0.25, 0.3) is 0 Å². The van der Waals surface area contributed by atoms with E-state index in [0.717, 1.165) is 0 Å². The summed E-state index contributed by atoms with van der Waals surface area (Å²) in [6.07, 6.45) is 2.05. The molecule has 0 radical (unpaired) electrons. The second-order valence-corrected chi connectivity index (χ2v) is 6.87. The maximum absolute atomic E-state index is 12.0. The summed E-state index contributed by atoms with van der Waals surface area (Å²) >= 11 is 1.51. The molecular weight excluding hydrogens is 356 g/mol. The lowest BCUT2D eigenvalue weighted by atomic mass is 9.99. The van der Waals surface area contributed by atoms with Gasteiger partial charge in [0.1, 0.15) is 17.0 Å². The van der Waals surface area contributed by atoms with Gasteiger partial charge < -0.3 is 19.9 Å². The fourth-order valence-corrected chi connectivity index (χ4v) is 3.80. The number of carboxylic acid groups (broad SMARTS) is 1. The van der Waals surface area contributed by atoms with Gasteiger partial charge in [0.2, 0.25) is 5.88 Å². The number of carbonyl (C=O) groups excluding carboxylic acids is 1. The van der Waals surface area contributed by atoms with E-state index >= 15 is 0 Å². The molecule has 1 aliphatic rings. The van der Waals surface area contributed by atoms with Gasteiger partial charge in [-0.25, -0.2) is 9.78 Å². The van der Waals surface area contributed by atoms with Gasteiger partial charge in [0.15, 0.2) is 6.61 Å². The average molecular weight is 374 g/mol. The third kappa shape index (κ3) is 4.45. The fourth-order valence-electron chi connectivity index (χ4n) is 2.47. The van der Waals surface area contributed by atoms with Crippen molar-refractivity contribution in [1.82, 2.24) is 10.3 Å². The molecule has 1 unspecified atom stereocenters. The number of amides is 1. The minimum Gasteiger partial charge on any atom is -0.484 e. The Bertz CT molecular complexity index is 761. The Labute approximate surface area is 154 Å². The third-order valence-corrected chi connectivity index (χ3v) is 5.05. The number of thioether (sulfide) groups is 1. The summed E-state index contributed by atoms with van der Waals surface area (Å²) in [6.45, 7) is -0.250. The number of hydrogen-bond acceptors (Lipinski definition) is 6. The number of pyridine rings is 1. The second-order valence-electron chi connectivity index (χ2n) is 5.77. The van der Waals surface area contributed by atoms with Crippen molar-refractivity contribution in [2.24, 2.45) is 0 Å². The molecular formula is C18H18N2O5S. The smallest absolute Gasteiger partial charge is 0.330 e. The summed E-state index contributed by atoms with van der Waals surface area (Å²) in [4.78, 5) is 27.6. The van der Waals surface area contributed by atoms with Gasteiger partial charge in [-0.1, -0.05) is 6.07 Å².